The Labute approximate surface area is 87.6 Å². The Bertz CT molecular complexity index is 241. The van der Waals surface area contributed by atoms with Gasteiger partial charge >= 0.3 is 21.2 Å². The molecule has 0 nitrogen and oxygen atoms in total. The van der Waals surface area contributed by atoms with Crippen molar-refractivity contribution in [2.45, 2.75) is 19.3 Å². The molecule has 0 aliphatic heterocycles. The molecule has 0 aliphatic carbocycles. The maximum absolute atomic E-state index is 12.4. The molecule has 0 bridgehead atoms. The highest BCUT2D eigenvalue weighted by atomic mass is 127. The van der Waals surface area contributed by atoms with Gasteiger partial charge in [0.2, 0.25) is 5.92 Å². The molecule has 0 atom stereocenters. The molecule has 0 saturated heterocycles. The number of rotatable bonds is 4. The fraction of sp³-hybridized carbons (Fsp3) is 0.400. The van der Waals surface area contributed by atoms with E-state index in [0.29, 0.717) is 4.43 Å². The van der Waals surface area contributed by atoms with Gasteiger partial charge in [0, 0.05) is 0 Å². The summed E-state index contributed by atoms with van der Waals surface area (Å²) >= 11 is -0.219. The van der Waals surface area contributed by atoms with Crippen LogP contribution in [0.4, 0.5) is 8.78 Å². The van der Waals surface area contributed by atoms with E-state index in [2.05, 4.69) is 0 Å². The molecule has 13 heavy (non-hydrogen) atoms. The largest absolute Gasteiger partial charge is 0.313 e. The first kappa shape index (κ1) is 10.9. The number of benzene rings is 1. The second-order valence-electron chi connectivity index (χ2n) is 2.94. The fourth-order valence-electron chi connectivity index (χ4n) is 0.826. The Morgan fingerprint density at radius 3 is 2.38 bits per heavy atom. The zero-order chi connectivity index (χ0) is 9.73. The molecule has 0 saturated carbocycles. The smallest absolute Gasteiger partial charge is 0.207 e. The first-order chi connectivity index (χ1) is 6.08. The lowest BCUT2D eigenvalue weighted by Crippen LogP contribution is -3.62. The molecule has 72 valence electrons. The van der Waals surface area contributed by atoms with E-state index in [1.807, 2.05) is 30.3 Å². The standard InChI is InChI=1S/C10H12F2I/c1-10(11,12)7-8-13-9-5-3-2-4-6-9/h2-6H,7-8H2,1H3/q+1. The van der Waals surface area contributed by atoms with E-state index in [1.54, 1.807) is 0 Å². The predicted octanol–water partition coefficient (Wildman–Crippen LogP) is -0.00950. The van der Waals surface area contributed by atoms with Crippen molar-refractivity contribution in [2.24, 2.45) is 0 Å². The molecule has 0 aliphatic rings. The van der Waals surface area contributed by atoms with Crippen LogP contribution in [0, 0.1) is 3.57 Å². The Morgan fingerprint density at radius 1 is 1.23 bits per heavy atom. The van der Waals surface area contributed by atoms with Crippen LogP contribution in [0.2, 0.25) is 0 Å². The molecule has 1 aromatic rings. The van der Waals surface area contributed by atoms with Crippen molar-refractivity contribution in [3.05, 3.63) is 33.9 Å². The van der Waals surface area contributed by atoms with Gasteiger partial charge in [0.15, 0.2) is 8.00 Å². The van der Waals surface area contributed by atoms with Crippen LogP contribution in [0.5, 0.6) is 0 Å². The monoisotopic (exact) mass is 297 g/mol. The maximum Gasteiger partial charge on any atom is 0.313 e. The van der Waals surface area contributed by atoms with E-state index in [1.165, 1.54) is 3.57 Å². The van der Waals surface area contributed by atoms with E-state index in [9.17, 15) is 8.78 Å². The molecule has 0 amide bonds. The molecule has 0 spiro atoms. The van der Waals surface area contributed by atoms with E-state index >= 15 is 0 Å². The van der Waals surface area contributed by atoms with Gasteiger partial charge in [-0.05, 0) is 19.1 Å². The molecule has 0 fully saturated rings. The molecule has 1 rings (SSSR count). The van der Waals surface area contributed by atoms with Crippen molar-refractivity contribution in [2.75, 3.05) is 4.43 Å². The van der Waals surface area contributed by atoms with Crippen molar-refractivity contribution >= 4 is 0 Å². The van der Waals surface area contributed by atoms with Gasteiger partial charge in [-0.1, -0.05) is 18.2 Å². The topological polar surface area (TPSA) is 0 Å². The summed E-state index contributed by atoms with van der Waals surface area (Å²) in [7, 11) is 0. The molecule has 0 aromatic heterocycles. The van der Waals surface area contributed by atoms with Gasteiger partial charge in [0.1, 0.15) is 0 Å². The van der Waals surface area contributed by atoms with Crippen molar-refractivity contribution in [3.63, 3.8) is 0 Å². The summed E-state index contributed by atoms with van der Waals surface area (Å²) in [5, 5.41) is 0. The molecular weight excluding hydrogens is 285 g/mol. The summed E-state index contributed by atoms with van der Waals surface area (Å²) in [5.74, 6) is -2.49. The predicted molar refractivity (Wildman–Crippen MR) is 45.2 cm³/mol. The van der Waals surface area contributed by atoms with Crippen molar-refractivity contribution in [1.29, 1.82) is 0 Å². The SMILES string of the molecule is CC(F)(F)CC[I+]c1ccccc1. The number of halogens is 3. The molecule has 3 heteroatoms. The second-order valence-corrected chi connectivity index (χ2v) is 6.03. The lowest BCUT2D eigenvalue weighted by atomic mass is 10.3. The van der Waals surface area contributed by atoms with Crippen LogP contribution in [0.1, 0.15) is 13.3 Å². The zero-order valence-corrected chi connectivity index (χ0v) is 9.59. The molecule has 0 heterocycles. The molecule has 0 unspecified atom stereocenters. The van der Waals surface area contributed by atoms with E-state index in [4.69, 9.17) is 0 Å². The van der Waals surface area contributed by atoms with Crippen LogP contribution in [-0.4, -0.2) is 10.4 Å². The van der Waals surface area contributed by atoms with Crippen molar-refractivity contribution in [1.82, 2.24) is 0 Å². The van der Waals surface area contributed by atoms with E-state index < -0.39 is 5.92 Å². The highest BCUT2D eigenvalue weighted by molar-refractivity contribution is 4.98. The summed E-state index contributed by atoms with van der Waals surface area (Å²) in [4.78, 5) is 0. The number of hydrogen-bond donors (Lipinski definition) is 0. The minimum Gasteiger partial charge on any atom is -0.207 e. The van der Waals surface area contributed by atoms with E-state index in [-0.39, 0.29) is 27.6 Å². The van der Waals surface area contributed by atoms with Gasteiger partial charge in [0.05, 0.1) is 6.42 Å². The molecule has 0 radical (unpaired) electrons. The first-order valence-corrected chi connectivity index (χ1v) is 6.70. The Hall–Kier alpha value is -0.190. The Morgan fingerprint density at radius 2 is 1.85 bits per heavy atom. The average Bonchev–Trinajstić information content (AvgIpc) is 2.04. The van der Waals surface area contributed by atoms with Gasteiger partial charge in [-0.15, -0.1) is 0 Å². The minimum absolute atomic E-state index is 0.0230. The molecular formula is C10H12F2I+. The highest BCUT2D eigenvalue weighted by Gasteiger charge is 2.25. The van der Waals surface area contributed by atoms with Crippen LogP contribution < -0.4 is 21.2 Å². The molecule has 0 N–H and O–H groups in total. The second kappa shape index (κ2) is 4.88. The fourth-order valence-corrected chi connectivity index (χ4v) is 3.59. The van der Waals surface area contributed by atoms with Crippen LogP contribution in [-0.2, 0) is 0 Å². The van der Waals surface area contributed by atoms with Gasteiger partial charge in [0.25, 0.3) is 0 Å². The summed E-state index contributed by atoms with van der Waals surface area (Å²) in [6, 6.07) is 9.89. The average molecular weight is 297 g/mol. The number of hydrogen-bond acceptors (Lipinski definition) is 0. The third-order valence-corrected chi connectivity index (χ3v) is 4.19. The normalized spacial score (nSPS) is 11.6. The Kier molecular flexibility index (Phi) is 4.09. The third-order valence-electron chi connectivity index (χ3n) is 1.52. The van der Waals surface area contributed by atoms with Gasteiger partial charge in [-0.3, -0.25) is 0 Å². The third kappa shape index (κ3) is 5.18. The van der Waals surface area contributed by atoms with Gasteiger partial charge in [-0.25, -0.2) is 8.78 Å². The summed E-state index contributed by atoms with van der Waals surface area (Å²) in [5.41, 5.74) is 0. The lowest BCUT2D eigenvalue weighted by Gasteiger charge is -2.03. The van der Waals surface area contributed by atoms with Crippen LogP contribution in [0.15, 0.2) is 30.3 Å². The van der Waals surface area contributed by atoms with Crippen molar-refractivity contribution < 1.29 is 30.0 Å². The van der Waals surface area contributed by atoms with E-state index in [0.717, 1.165) is 6.92 Å². The minimum atomic E-state index is -2.49. The number of alkyl halides is 3. The van der Waals surface area contributed by atoms with Crippen LogP contribution in [0.3, 0.4) is 0 Å². The molecule has 1 aromatic carbocycles. The van der Waals surface area contributed by atoms with Gasteiger partial charge < -0.3 is 0 Å². The quantitative estimate of drug-likeness (QED) is 0.542. The summed E-state index contributed by atoms with van der Waals surface area (Å²) in [6.45, 7) is 0.988. The summed E-state index contributed by atoms with van der Waals surface area (Å²) < 4.78 is 26.8. The van der Waals surface area contributed by atoms with Crippen LogP contribution in [0.25, 0.3) is 0 Å². The van der Waals surface area contributed by atoms with Crippen molar-refractivity contribution in [3.8, 4) is 0 Å². The highest BCUT2D eigenvalue weighted by Crippen LogP contribution is 2.13. The Balaban J connectivity index is 2.29. The van der Waals surface area contributed by atoms with Crippen LogP contribution >= 0.6 is 0 Å². The summed E-state index contributed by atoms with van der Waals surface area (Å²) in [6.07, 6.45) is 0.0230. The zero-order valence-electron chi connectivity index (χ0n) is 7.43. The lowest BCUT2D eigenvalue weighted by molar-refractivity contribution is -0.629. The first-order valence-electron chi connectivity index (χ1n) is 4.10. The van der Waals surface area contributed by atoms with Gasteiger partial charge in [-0.2, -0.15) is 0 Å². The maximum atomic E-state index is 12.4.